The molecule has 6 heteroatoms. The first-order valence-electron chi connectivity index (χ1n) is 14.1. The number of benzene rings is 6. The Balaban J connectivity index is 1.39. The van der Waals surface area contributed by atoms with Crippen LogP contribution in [0.4, 0.5) is 0 Å². The second-order valence-corrected chi connectivity index (χ2v) is 10.4. The number of hydrogen-bond donors (Lipinski definition) is 2. The van der Waals surface area contributed by atoms with Crippen LogP contribution in [0.5, 0.6) is 0 Å². The van der Waals surface area contributed by atoms with Crippen LogP contribution in [0.15, 0.2) is 146 Å². The molecule has 0 aliphatic carbocycles. The summed E-state index contributed by atoms with van der Waals surface area (Å²) in [7, 11) is -1.54. The molecule has 0 atom stereocenters. The van der Waals surface area contributed by atoms with Gasteiger partial charge in [-0.05, 0) is 50.6 Å². The van der Waals surface area contributed by atoms with Crippen molar-refractivity contribution in [1.29, 1.82) is 0 Å². The Labute approximate surface area is 250 Å². The van der Waals surface area contributed by atoms with Crippen LogP contribution in [0.3, 0.4) is 0 Å². The highest BCUT2D eigenvalue weighted by molar-refractivity contribution is 6.58. The van der Waals surface area contributed by atoms with Gasteiger partial charge in [0.05, 0.1) is 0 Å². The van der Waals surface area contributed by atoms with E-state index in [1.54, 1.807) is 12.1 Å². The van der Waals surface area contributed by atoms with Gasteiger partial charge in [-0.25, -0.2) is 15.0 Å². The number of aromatic nitrogens is 3. The molecule has 0 fully saturated rings. The van der Waals surface area contributed by atoms with Crippen LogP contribution in [-0.4, -0.2) is 32.1 Å². The Morgan fingerprint density at radius 2 is 0.953 bits per heavy atom. The molecule has 0 aliphatic heterocycles. The van der Waals surface area contributed by atoms with Crippen LogP contribution >= 0.6 is 0 Å². The normalized spacial score (nSPS) is 11.0. The Morgan fingerprint density at radius 1 is 0.372 bits per heavy atom. The second kappa shape index (κ2) is 11.5. The SMILES string of the molecule is OB(O)c1cccc(-c2cccc(-c3nc(-c4ccccc4)nc(-c4ccccc4-c4ccc5ccccc5c4)n3)c2)c1. The van der Waals surface area contributed by atoms with Crippen LogP contribution in [0.1, 0.15) is 0 Å². The molecule has 1 aromatic heterocycles. The van der Waals surface area contributed by atoms with Gasteiger partial charge in [0, 0.05) is 16.7 Å². The van der Waals surface area contributed by atoms with Gasteiger partial charge in [0.25, 0.3) is 0 Å². The summed E-state index contributed by atoms with van der Waals surface area (Å²) in [6.45, 7) is 0. The van der Waals surface area contributed by atoms with Crippen molar-refractivity contribution < 1.29 is 10.0 Å². The Hall–Kier alpha value is -5.43. The Morgan fingerprint density at radius 3 is 1.74 bits per heavy atom. The monoisotopic (exact) mass is 555 g/mol. The molecule has 1 heterocycles. The average molecular weight is 555 g/mol. The van der Waals surface area contributed by atoms with E-state index >= 15 is 0 Å². The molecule has 0 saturated heterocycles. The molecule has 0 saturated carbocycles. The minimum atomic E-state index is -1.54. The molecule has 0 amide bonds. The number of nitrogens with zero attached hydrogens (tertiary/aromatic N) is 3. The first-order chi connectivity index (χ1) is 21.1. The summed E-state index contributed by atoms with van der Waals surface area (Å²) in [5, 5.41) is 21.7. The van der Waals surface area contributed by atoms with Crippen LogP contribution in [-0.2, 0) is 0 Å². The van der Waals surface area contributed by atoms with E-state index in [1.165, 1.54) is 10.8 Å². The number of hydrogen-bond acceptors (Lipinski definition) is 5. The van der Waals surface area contributed by atoms with Crippen molar-refractivity contribution in [2.24, 2.45) is 0 Å². The van der Waals surface area contributed by atoms with E-state index in [0.717, 1.165) is 38.9 Å². The van der Waals surface area contributed by atoms with E-state index in [9.17, 15) is 10.0 Å². The molecule has 7 aromatic rings. The van der Waals surface area contributed by atoms with Crippen molar-refractivity contribution in [2.45, 2.75) is 0 Å². The maximum atomic E-state index is 9.69. The van der Waals surface area contributed by atoms with Gasteiger partial charge < -0.3 is 10.0 Å². The van der Waals surface area contributed by atoms with Crippen LogP contribution in [0, 0.1) is 0 Å². The molecule has 204 valence electrons. The van der Waals surface area contributed by atoms with E-state index in [0.29, 0.717) is 22.9 Å². The lowest BCUT2D eigenvalue weighted by Crippen LogP contribution is -2.29. The van der Waals surface area contributed by atoms with Gasteiger partial charge in [-0.3, -0.25) is 0 Å². The van der Waals surface area contributed by atoms with Gasteiger partial charge in [-0.15, -0.1) is 0 Å². The molecule has 0 bridgehead atoms. The molecule has 7 rings (SSSR count). The topological polar surface area (TPSA) is 79.1 Å². The summed E-state index contributed by atoms with van der Waals surface area (Å²) in [4.78, 5) is 14.9. The zero-order valence-corrected chi connectivity index (χ0v) is 23.2. The van der Waals surface area contributed by atoms with Gasteiger partial charge in [0.2, 0.25) is 0 Å². The van der Waals surface area contributed by atoms with Gasteiger partial charge >= 0.3 is 7.12 Å². The zero-order chi connectivity index (χ0) is 29.2. The molecular weight excluding hydrogens is 529 g/mol. The lowest BCUT2D eigenvalue weighted by molar-refractivity contribution is 0.426. The highest BCUT2D eigenvalue weighted by atomic mass is 16.4. The fourth-order valence-corrected chi connectivity index (χ4v) is 5.35. The van der Waals surface area contributed by atoms with Gasteiger partial charge in [-0.1, -0.05) is 133 Å². The standard InChI is InChI=1S/C37H26BN3O2/c42-38(43)32-17-9-15-29(24-32)28-14-8-16-31(23-28)36-39-35(26-11-2-1-3-12-26)40-37(41-36)34-19-7-6-18-33(34)30-21-20-25-10-4-5-13-27(25)22-30/h1-24,42-43H. The van der Waals surface area contributed by atoms with Crippen molar-refractivity contribution >= 4 is 23.4 Å². The molecule has 43 heavy (non-hydrogen) atoms. The highest BCUT2D eigenvalue weighted by Gasteiger charge is 2.17. The number of fused-ring (bicyclic) bond motifs is 1. The maximum absolute atomic E-state index is 9.69. The van der Waals surface area contributed by atoms with E-state index in [-0.39, 0.29) is 0 Å². The molecular formula is C37H26BN3O2. The van der Waals surface area contributed by atoms with Crippen LogP contribution < -0.4 is 5.46 Å². The lowest BCUT2D eigenvalue weighted by atomic mass is 9.79. The average Bonchev–Trinajstić information content (AvgIpc) is 3.08. The van der Waals surface area contributed by atoms with E-state index in [4.69, 9.17) is 15.0 Å². The largest absolute Gasteiger partial charge is 0.488 e. The quantitative estimate of drug-likeness (QED) is 0.215. The predicted octanol–water partition coefficient (Wildman–Crippen LogP) is 7.04. The van der Waals surface area contributed by atoms with Crippen LogP contribution in [0.2, 0.25) is 0 Å². The summed E-state index contributed by atoms with van der Waals surface area (Å²) in [6, 6.07) is 48.1. The minimum Gasteiger partial charge on any atom is -0.423 e. The molecule has 5 nitrogen and oxygen atoms in total. The highest BCUT2D eigenvalue weighted by Crippen LogP contribution is 2.34. The zero-order valence-electron chi connectivity index (χ0n) is 23.2. The van der Waals surface area contributed by atoms with Gasteiger partial charge in [0.15, 0.2) is 17.5 Å². The van der Waals surface area contributed by atoms with Gasteiger partial charge in [-0.2, -0.15) is 0 Å². The summed E-state index contributed by atoms with van der Waals surface area (Å²) < 4.78 is 0. The molecule has 0 spiro atoms. The Bertz CT molecular complexity index is 2080. The van der Waals surface area contributed by atoms with Crippen molar-refractivity contribution in [3.63, 3.8) is 0 Å². The smallest absolute Gasteiger partial charge is 0.423 e. The number of rotatable bonds is 6. The van der Waals surface area contributed by atoms with Crippen molar-refractivity contribution in [1.82, 2.24) is 15.0 Å². The predicted molar refractivity (Wildman–Crippen MR) is 174 cm³/mol. The van der Waals surface area contributed by atoms with Gasteiger partial charge in [0.1, 0.15) is 0 Å². The fourth-order valence-electron chi connectivity index (χ4n) is 5.35. The second-order valence-electron chi connectivity index (χ2n) is 10.4. The third-order valence-corrected chi connectivity index (χ3v) is 7.53. The molecule has 0 radical (unpaired) electrons. The first kappa shape index (κ1) is 26.5. The van der Waals surface area contributed by atoms with Crippen molar-refractivity contribution in [3.05, 3.63) is 146 Å². The van der Waals surface area contributed by atoms with E-state index in [1.807, 2.05) is 78.9 Å². The van der Waals surface area contributed by atoms with Crippen molar-refractivity contribution in [2.75, 3.05) is 0 Å². The maximum Gasteiger partial charge on any atom is 0.488 e. The molecule has 0 aliphatic rings. The molecule has 0 unspecified atom stereocenters. The van der Waals surface area contributed by atoms with Crippen molar-refractivity contribution in [3.8, 4) is 56.4 Å². The summed E-state index contributed by atoms with van der Waals surface area (Å²) >= 11 is 0. The summed E-state index contributed by atoms with van der Waals surface area (Å²) in [5.74, 6) is 1.73. The third kappa shape index (κ3) is 5.45. The fraction of sp³-hybridized carbons (Fsp3) is 0. The molecule has 2 N–H and O–H groups in total. The first-order valence-corrected chi connectivity index (χ1v) is 14.1. The summed E-state index contributed by atoms with van der Waals surface area (Å²) in [5.41, 5.74) is 6.99. The molecule has 6 aromatic carbocycles. The van der Waals surface area contributed by atoms with Crippen LogP contribution in [0.25, 0.3) is 67.2 Å². The van der Waals surface area contributed by atoms with E-state index < -0.39 is 7.12 Å². The third-order valence-electron chi connectivity index (χ3n) is 7.53. The lowest BCUT2D eigenvalue weighted by Gasteiger charge is -2.13. The Kier molecular flexibility index (Phi) is 7.05. The summed E-state index contributed by atoms with van der Waals surface area (Å²) in [6.07, 6.45) is 0. The minimum absolute atomic E-state index is 0.432. The van der Waals surface area contributed by atoms with E-state index in [2.05, 4.69) is 54.6 Å².